The van der Waals surface area contributed by atoms with E-state index in [0.29, 0.717) is 30.0 Å². The van der Waals surface area contributed by atoms with Gasteiger partial charge in [-0.1, -0.05) is 65.3 Å². The zero-order valence-electron chi connectivity index (χ0n) is 24.9. The van der Waals surface area contributed by atoms with E-state index in [0.717, 1.165) is 18.4 Å². The fraction of sp³-hybridized carbons (Fsp3) is 0.667. The molecule has 1 aromatic heterocycles. The van der Waals surface area contributed by atoms with Crippen molar-refractivity contribution in [3.05, 3.63) is 47.2 Å². The molecule has 0 bridgehead atoms. The molecule has 1 aliphatic carbocycles. The Bertz CT molecular complexity index is 1050. The highest BCUT2D eigenvalue weighted by atomic mass is 35.5. The zero-order valence-corrected chi connectivity index (χ0v) is 26.7. The Hall–Kier alpha value is -1.67. The maximum atomic E-state index is 6.80. The summed E-state index contributed by atoms with van der Waals surface area (Å²) in [5, 5.41) is 0.857. The fourth-order valence-electron chi connectivity index (χ4n) is 3.92. The summed E-state index contributed by atoms with van der Waals surface area (Å²) in [5.41, 5.74) is 0.719. The van der Waals surface area contributed by atoms with Crippen LogP contribution in [-0.2, 0) is 15.8 Å². The van der Waals surface area contributed by atoms with E-state index in [1.165, 1.54) is 6.33 Å². The maximum absolute atomic E-state index is 6.80. The van der Waals surface area contributed by atoms with Crippen molar-refractivity contribution in [3.63, 3.8) is 0 Å². The van der Waals surface area contributed by atoms with Crippen molar-refractivity contribution in [3.8, 4) is 11.8 Å². The quantitative estimate of drug-likeness (QED) is 0.273. The van der Waals surface area contributed by atoms with Crippen LogP contribution in [0.4, 0.5) is 0 Å². The molecule has 3 rings (SSSR count). The molecule has 2 aromatic rings. The van der Waals surface area contributed by atoms with Crippen LogP contribution in [0.3, 0.4) is 0 Å². The predicted molar refractivity (Wildman–Crippen MR) is 157 cm³/mol. The second-order valence-electron chi connectivity index (χ2n) is 13.6. The van der Waals surface area contributed by atoms with E-state index in [-0.39, 0.29) is 34.2 Å². The molecule has 0 unspecified atom stereocenters. The minimum atomic E-state index is -1.88. The van der Waals surface area contributed by atoms with Crippen molar-refractivity contribution >= 4 is 19.9 Å². The monoisotopic (exact) mass is 562 g/mol. The number of nitrogens with zero attached hydrogens (tertiary/aromatic N) is 2. The van der Waals surface area contributed by atoms with Gasteiger partial charge in [-0.2, -0.15) is 0 Å². The molecule has 0 spiro atoms. The lowest BCUT2D eigenvalue weighted by Crippen LogP contribution is -2.45. The van der Waals surface area contributed by atoms with E-state index in [1.807, 2.05) is 24.3 Å². The topological polar surface area (TPSA) is 62.7 Å². The highest BCUT2D eigenvalue weighted by molar-refractivity contribution is 6.74. The second kappa shape index (κ2) is 11.8. The van der Waals surface area contributed by atoms with E-state index in [4.69, 9.17) is 30.2 Å². The summed E-state index contributed by atoms with van der Waals surface area (Å²) in [4.78, 5) is 8.61. The Morgan fingerprint density at radius 2 is 1.55 bits per heavy atom. The van der Waals surface area contributed by atoms with E-state index in [1.54, 1.807) is 6.07 Å². The molecule has 0 radical (unpaired) electrons. The van der Waals surface area contributed by atoms with Crippen LogP contribution in [0.25, 0.3) is 0 Å². The first kappa shape index (κ1) is 30.9. The van der Waals surface area contributed by atoms with Gasteiger partial charge in [0.25, 0.3) is 0 Å². The van der Waals surface area contributed by atoms with E-state index in [2.05, 4.69) is 78.5 Å². The van der Waals surface area contributed by atoms with Crippen LogP contribution >= 0.6 is 11.6 Å². The highest BCUT2D eigenvalue weighted by Gasteiger charge is 2.45. The van der Waals surface area contributed by atoms with Gasteiger partial charge in [0.2, 0.25) is 11.8 Å². The molecule has 0 saturated heterocycles. The third kappa shape index (κ3) is 8.17. The number of benzene rings is 1. The van der Waals surface area contributed by atoms with Gasteiger partial charge in [-0.3, -0.25) is 0 Å². The van der Waals surface area contributed by atoms with Gasteiger partial charge in [0.05, 0.1) is 17.8 Å². The van der Waals surface area contributed by atoms with Gasteiger partial charge in [0, 0.05) is 24.0 Å². The van der Waals surface area contributed by atoms with Crippen molar-refractivity contribution in [1.82, 2.24) is 9.97 Å². The van der Waals surface area contributed by atoms with Gasteiger partial charge in [0.1, 0.15) is 19.0 Å². The number of hydrogen-bond acceptors (Lipinski definition) is 6. The molecule has 212 valence electrons. The first-order valence-corrected chi connectivity index (χ1v) is 16.9. The molecule has 8 heteroatoms. The van der Waals surface area contributed by atoms with Crippen LogP contribution in [0, 0.1) is 11.3 Å². The van der Waals surface area contributed by atoms with E-state index < -0.39 is 8.32 Å². The summed E-state index contributed by atoms with van der Waals surface area (Å²) in [5.74, 6) is 1.23. The smallest absolute Gasteiger partial charge is 0.220 e. The Morgan fingerprint density at radius 3 is 2.16 bits per heavy atom. The summed E-state index contributed by atoms with van der Waals surface area (Å²) in [6.45, 7) is 23.5. The van der Waals surface area contributed by atoms with Crippen molar-refractivity contribution in [2.45, 2.75) is 111 Å². The third-order valence-electron chi connectivity index (χ3n) is 8.51. The lowest BCUT2D eigenvalue weighted by molar-refractivity contribution is -0.144. The van der Waals surface area contributed by atoms with Crippen molar-refractivity contribution in [2.75, 3.05) is 6.61 Å². The molecule has 38 heavy (non-hydrogen) atoms. The summed E-state index contributed by atoms with van der Waals surface area (Å²) in [6, 6.07) is 9.32. The first-order chi connectivity index (χ1) is 17.5. The molecule has 1 fully saturated rings. The van der Waals surface area contributed by atoms with Gasteiger partial charge in [0.15, 0.2) is 8.32 Å². The van der Waals surface area contributed by atoms with Crippen molar-refractivity contribution in [2.24, 2.45) is 11.3 Å². The first-order valence-electron chi connectivity index (χ1n) is 13.6. The van der Waals surface area contributed by atoms with Crippen LogP contribution in [0.1, 0.15) is 73.8 Å². The van der Waals surface area contributed by atoms with Crippen molar-refractivity contribution < 1.29 is 18.6 Å². The molecule has 1 aromatic carbocycles. The zero-order chi connectivity index (χ0) is 28.4. The molecule has 3 atom stereocenters. The summed E-state index contributed by atoms with van der Waals surface area (Å²) >= 11 is 5.98. The fourth-order valence-corrected chi connectivity index (χ4v) is 5.10. The van der Waals surface area contributed by atoms with Gasteiger partial charge in [-0.05, 0) is 61.5 Å². The molecule has 0 aliphatic heterocycles. The minimum Gasteiger partial charge on any atom is -0.474 e. The Kier molecular flexibility index (Phi) is 9.61. The number of hydrogen-bond donors (Lipinski definition) is 0. The van der Waals surface area contributed by atoms with Crippen LogP contribution in [0.5, 0.6) is 11.8 Å². The maximum Gasteiger partial charge on any atom is 0.220 e. The second-order valence-corrected chi connectivity index (χ2v) is 18.8. The van der Waals surface area contributed by atoms with Crippen LogP contribution < -0.4 is 9.47 Å². The molecule has 6 nitrogen and oxygen atoms in total. The summed E-state index contributed by atoms with van der Waals surface area (Å²) < 4.78 is 25.7. The third-order valence-corrected chi connectivity index (χ3v) is 13.3. The van der Waals surface area contributed by atoms with Crippen LogP contribution in [-0.4, -0.2) is 42.7 Å². The summed E-state index contributed by atoms with van der Waals surface area (Å²) in [6.07, 6.45) is 3.14. The van der Waals surface area contributed by atoms with Gasteiger partial charge in [-0.25, -0.2) is 9.97 Å². The summed E-state index contributed by atoms with van der Waals surface area (Å²) in [7, 11) is -1.88. The van der Waals surface area contributed by atoms with Crippen LogP contribution in [0.15, 0.2) is 36.7 Å². The molecule has 0 N–H and O–H groups in total. The van der Waals surface area contributed by atoms with E-state index in [9.17, 15) is 0 Å². The Balaban J connectivity index is 1.69. The number of halogens is 1. The molecule has 0 amide bonds. The SMILES string of the molecule is CC(C)(C)C(C)(C)O[C@H]1C[C@H](Oc2cc(OCc3ccc(Cl)cc3)ncn2)C[C@H]1CO[Si](C)(C)C(C)(C)C. The lowest BCUT2D eigenvalue weighted by atomic mass is 9.79. The van der Waals surface area contributed by atoms with Gasteiger partial charge in [-0.15, -0.1) is 0 Å². The minimum absolute atomic E-state index is 0.000235. The average Bonchev–Trinajstić information content (AvgIpc) is 3.16. The van der Waals surface area contributed by atoms with E-state index >= 15 is 0 Å². The highest BCUT2D eigenvalue weighted by Crippen LogP contribution is 2.42. The van der Waals surface area contributed by atoms with Gasteiger partial charge >= 0.3 is 0 Å². The molecule has 1 heterocycles. The number of ether oxygens (including phenoxy) is 3. The number of aromatic nitrogens is 2. The Labute approximate surface area is 235 Å². The molecule has 1 aliphatic rings. The average molecular weight is 563 g/mol. The molecule has 1 saturated carbocycles. The Morgan fingerprint density at radius 1 is 0.921 bits per heavy atom. The lowest BCUT2D eigenvalue weighted by Gasteiger charge is -2.42. The predicted octanol–water partition coefficient (Wildman–Crippen LogP) is 8.10. The van der Waals surface area contributed by atoms with Crippen molar-refractivity contribution in [1.29, 1.82) is 0 Å². The largest absolute Gasteiger partial charge is 0.474 e. The van der Waals surface area contributed by atoms with Crippen LogP contribution in [0.2, 0.25) is 23.2 Å². The molecular formula is C30H47ClN2O4Si. The normalized spacial score (nSPS) is 21.0. The number of rotatable bonds is 10. The molecular weight excluding hydrogens is 516 g/mol. The standard InChI is InChI=1S/C30H47ClN2O4Si/c1-28(2,3)30(7,8)37-25-16-24(15-22(25)19-35-38(9,10)29(4,5)6)36-27-17-26(32-20-33-27)34-18-21-11-13-23(31)14-12-21/h11-14,17,20,22,24-25H,15-16,18-19H2,1-10H3/t22-,24+,25-/m0/s1. The van der Waals surface area contributed by atoms with Gasteiger partial charge < -0.3 is 18.6 Å².